The van der Waals surface area contributed by atoms with Crippen LogP contribution in [0, 0.1) is 29.1 Å². The highest BCUT2D eigenvalue weighted by atomic mass is 32.1. The van der Waals surface area contributed by atoms with Gasteiger partial charge in [-0.1, -0.05) is 0 Å². The minimum Gasteiger partial charge on any atom is -0.348 e. The average Bonchev–Trinajstić information content (AvgIpc) is 2.97. The standard InChI is InChI=1S/C20H19F5N4OS/c21-12-2-4-13(5-3-12)26-16(30)11-28-6-1-7-29(9-8-28)20(31)27-19-15(23)10-14(22)17(24)18(19)25/h2-5,10H,1,6-9,11H2,(H,26,30)(H,27,31). The number of hydrogen-bond donors (Lipinski definition) is 2. The molecule has 1 heterocycles. The van der Waals surface area contributed by atoms with Crippen LogP contribution in [0.25, 0.3) is 0 Å². The number of benzene rings is 2. The van der Waals surface area contributed by atoms with Crippen LogP contribution in [0.4, 0.5) is 33.3 Å². The van der Waals surface area contributed by atoms with Gasteiger partial charge < -0.3 is 15.5 Å². The molecule has 1 aliphatic rings. The van der Waals surface area contributed by atoms with E-state index in [4.69, 9.17) is 12.2 Å². The van der Waals surface area contributed by atoms with E-state index in [1.807, 2.05) is 4.90 Å². The van der Waals surface area contributed by atoms with Crippen LogP contribution in [-0.4, -0.2) is 53.5 Å². The summed E-state index contributed by atoms with van der Waals surface area (Å²) in [5.74, 6) is -7.08. The Morgan fingerprint density at radius 2 is 1.61 bits per heavy atom. The Morgan fingerprint density at radius 3 is 2.32 bits per heavy atom. The summed E-state index contributed by atoms with van der Waals surface area (Å²) in [5, 5.41) is 4.95. The van der Waals surface area contributed by atoms with E-state index >= 15 is 0 Å². The van der Waals surface area contributed by atoms with Gasteiger partial charge in [0.15, 0.2) is 28.4 Å². The first-order chi connectivity index (χ1) is 14.7. The van der Waals surface area contributed by atoms with Gasteiger partial charge in [-0.05, 0) is 42.9 Å². The highest BCUT2D eigenvalue weighted by Gasteiger charge is 2.23. The molecule has 0 atom stereocenters. The fourth-order valence-corrected chi connectivity index (χ4v) is 3.42. The van der Waals surface area contributed by atoms with E-state index in [0.717, 1.165) is 0 Å². The van der Waals surface area contributed by atoms with Gasteiger partial charge in [-0.2, -0.15) is 0 Å². The number of amides is 1. The number of carbonyl (C=O) groups excluding carboxylic acids is 1. The Labute approximate surface area is 180 Å². The molecule has 0 saturated carbocycles. The topological polar surface area (TPSA) is 47.6 Å². The first kappa shape index (κ1) is 22.9. The van der Waals surface area contributed by atoms with Crippen LogP contribution in [0.5, 0.6) is 0 Å². The molecule has 2 aromatic carbocycles. The largest absolute Gasteiger partial charge is 0.348 e. The minimum atomic E-state index is -1.79. The van der Waals surface area contributed by atoms with Crippen molar-refractivity contribution in [3.8, 4) is 0 Å². The molecular weight excluding hydrogens is 439 g/mol. The van der Waals surface area contributed by atoms with Crippen molar-refractivity contribution in [1.82, 2.24) is 9.80 Å². The van der Waals surface area contributed by atoms with Gasteiger partial charge in [0.2, 0.25) is 5.91 Å². The normalized spacial score (nSPS) is 14.8. The maximum atomic E-state index is 13.9. The van der Waals surface area contributed by atoms with Crippen molar-refractivity contribution in [1.29, 1.82) is 0 Å². The molecule has 2 aromatic rings. The molecule has 0 aliphatic carbocycles. The lowest BCUT2D eigenvalue weighted by atomic mass is 10.2. The third-order valence-electron chi connectivity index (χ3n) is 4.72. The van der Waals surface area contributed by atoms with Crippen LogP contribution in [0.15, 0.2) is 30.3 Å². The van der Waals surface area contributed by atoms with Gasteiger partial charge in [-0.3, -0.25) is 9.69 Å². The molecule has 0 radical (unpaired) electrons. The molecule has 0 aromatic heterocycles. The average molecular weight is 458 g/mol. The Hall–Kier alpha value is -2.79. The Morgan fingerprint density at radius 1 is 0.903 bits per heavy atom. The van der Waals surface area contributed by atoms with Crippen molar-refractivity contribution < 1.29 is 26.7 Å². The molecule has 0 unspecified atom stereocenters. The third-order valence-corrected chi connectivity index (χ3v) is 5.08. The smallest absolute Gasteiger partial charge is 0.238 e. The SMILES string of the molecule is O=C(CN1CCCN(C(=S)Nc2c(F)cc(F)c(F)c2F)CC1)Nc1ccc(F)cc1. The second-order valence-corrected chi connectivity index (χ2v) is 7.33. The first-order valence-electron chi connectivity index (χ1n) is 9.41. The zero-order valence-corrected chi connectivity index (χ0v) is 17.0. The predicted molar refractivity (Wildman–Crippen MR) is 110 cm³/mol. The lowest BCUT2D eigenvalue weighted by Gasteiger charge is -2.25. The highest BCUT2D eigenvalue weighted by molar-refractivity contribution is 7.80. The summed E-state index contributed by atoms with van der Waals surface area (Å²) in [6, 6.07) is 5.64. The molecule has 0 spiro atoms. The van der Waals surface area contributed by atoms with E-state index < -0.39 is 34.8 Å². The molecule has 1 aliphatic heterocycles. The van der Waals surface area contributed by atoms with Crippen LogP contribution in [0.2, 0.25) is 0 Å². The van der Waals surface area contributed by atoms with Crippen LogP contribution < -0.4 is 10.6 Å². The molecule has 31 heavy (non-hydrogen) atoms. The number of carbonyl (C=O) groups is 1. The minimum absolute atomic E-state index is 0.0404. The summed E-state index contributed by atoms with van der Waals surface area (Å²) in [7, 11) is 0. The molecule has 1 saturated heterocycles. The molecule has 0 bridgehead atoms. The number of thiocarbonyl (C=S) groups is 1. The lowest BCUT2D eigenvalue weighted by molar-refractivity contribution is -0.117. The summed E-state index contributed by atoms with van der Waals surface area (Å²) in [6.45, 7) is 1.89. The molecule has 5 nitrogen and oxygen atoms in total. The maximum Gasteiger partial charge on any atom is 0.238 e. The Balaban J connectivity index is 1.55. The number of halogens is 5. The monoisotopic (exact) mass is 458 g/mol. The summed E-state index contributed by atoms with van der Waals surface area (Å²) < 4.78 is 67.1. The van der Waals surface area contributed by atoms with E-state index in [2.05, 4.69) is 10.6 Å². The van der Waals surface area contributed by atoms with E-state index in [1.54, 1.807) is 4.90 Å². The van der Waals surface area contributed by atoms with E-state index in [-0.39, 0.29) is 23.6 Å². The highest BCUT2D eigenvalue weighted by Crippen LogP contribution is 2.24. The summed E-state index contributed by atoms with van der Waals surface area (Å²) in [6.07, 6.45) is 0.606. The second kappa shape index (κ2) is 10.0. The van der Waals surface area contributed by atoms with Crippen molar-refractivity contribution >= 4 is 34.6 Å². The fourth-order valence-electron chi connectivity index (χ4n) is 3.14. The fraction of sp³-hybridized carbons (Fsp3) is 0.300. The summed E-state index contributed by atoms with van der Waals surface area (Å²) in [4.78, 5) is 15.7. The zero-order chi connectivity index (χ0) is 22.5. The van der Waals surface area contributed by atoms with E-state index in [1.165, 1.54) is 24.3 Å². The van der Waals surface area contributed by atoms with Crippen molar-refractivity contribution in [3.63, 3.8) is 0 Å². The Bertz CT molecular complexity index is 973. The van der Waals surface area contributed by atoms with Gasteiger partial charge in [0.05, 0.1) is 6.54 Å². The predicted octanol–water partition coefficient (Wildman–Crippen LogP) is 3.73. The van der Waals surface area contributed by atoms with Crippen LogP contribution in [0.3, 0.4) is 0 Å². The molecule has 1 amide bonds. The Kier molecular flexibility index (Phi) is 7.39. The van der Waals surface area contributed by atoms with Crippen LogP contribution >= 0.6 is 12.2 Å². The van der Waals surface area contributed by atoms with Gasteiger partial charge in [0.25, 0.3) is 0 Å². The van der Waals surface area contributed by atoms with Crippen molar-refractivity contribution in [2.24, 2.45) is 0 Å². The number of rotatable bonds is 4. The molecule has 1 fully saturated rings. The second-order valence-electron chi connectivity index (χ2n) is 6.95. The quantitative estimate of drug-likeness (QED) is 0.317. The van der Waals surface area contributed by atoms with Gasteiger partial charge in [0.1, 0.15) is 11.5 Å². The number of hydrogen-bond acceptors (Lipinski definition) is 3. The van der Waals surface area contributed by atoms with E-state index in [0.29, 0.717) is 38.3 Å². The number of nitrogens with zero attached hydrogens (tertiary/aromatic N) is 2. The maximum absolute atomic E-state index is 13.9. The summed E-state index contributed by atoms with van der Waals surface area (Å²) in [5.41, 5.74) is -0.382. The van der Waals surface area contributed by atoms with E-state index in [9.17, 15) is 26.7 Å². The molecule has 11 heteroatoms. The van der Waals surface area contributed by atoms with Crippen molar-refractivity contribution in [2.75, 3.05) is 43.4 Å². The van der Waals surface area contributed by atoms with Crippen LogP contribution in [-0.2, 0) is 4.79 Å². The van der Waals surface area contributed by atoms with Gasteiger partial charge in [-0.25, -0.2) is 22.0 Å². The summed E-state index contributed by atoms with van der Waals surface area (Å²) >= 11 is 5.17. The lowest BCUT2D eigenvalue weighted by Crippen LogP contribution is -2.39. The van der Waals surface area contributed by atoms with Crippen molar-refractivity contribution in [3.05, 3.63) is 59.4 Å². The van der Waals surface area contributed by atoms with Gasteiger partial charge >= 0.3 is 0 Å². The van der Waals surface area contributed by atoms with Gasteiger partial charge in [0, 0.05) is 37.9 Å². The first-order valence-corrected chi connectivity index (χ1v) is 9.82. The number of anilines is 2. The molecular formula is C20H19F5N4OS. The molecule has 166 valence electrons. The number of nitrogens with one attached hydrogen (secondary N) is 2. The molecule has 3 rings (SSSR count). The zero-order valence-electron chi connectivity index (χ0n) is 16.2. The van der Waals surface area contributed by atoms with Crippen molar-refractivity contribution in [2.45, 2.75) is 6.42 Å². The van der Waals surface area contributed by atoms with Crippen LogP contribution in [0.1, 0.15) is 6.42 Å². The molecule has 2 N–H and O–H groups in total. The third kappa shape index (κ3) is 5.88. The van der Waals surface area contributed by atoms with Gasteiger partial charge in [-0.15, -0.1) is 0 Å².